The average molecular weight is 360 g/mol. The van der Waals surface area contributed by atoms with Gasteiger partial charge in [0.1, 0.15) is 5.60 Å². The predicted molar refractivity (Wildman–Crippen MR) is 104 cm³/mol. The van der Waals surface area contributed by atoms with Crippen LogP contribution in [0.4, 0.5) is 4.79 Å². The van der Waals surface area contributed by atoms with Gasteiger partial charge in [-0.3, -0.25) is 4.90 Å². The van der Waals surface area contributed by atoms with E-state index in [1.54, 1.807) is 0 Å². The van der Waals surface area contributed by atoms with E-state index in [-0.39, 0.29) is 6.09 Å². The second-order valence-electron chi connectivity index (χ2n) is 8.58. The second kappa shape index (κ2) is 7.97. The summed E-state index contributed by atoms with van der Waals surface area (Å²) >= 11 is 0. The molecular formula is C21H33N3O2. The summed E-state index contributed by atoms with van der Waals surface area (Å²) in [6, 6.07) is 9.24. The normalized spacial score (nSPS) is 20.5. The van der Waals surface area contributed by atoms with E-state index in [1.807, 2.05) is 25.7 Å². The third-order valence-electron chi connectivity index (χ3n) is 5.51. The predicted octanol–water partition coefficient (Wildman–Crippen LogP) is 3.54. The Hall–Kier alpha value is -1.59. The van der Waals surface area contributed by atoms with E-state index >= 15 is 0 Å². The summed E-state index contributed by atoms with van der Waals surface area (Å²) in [6.07, 6.45) is 3.75. The van der Waals surface area contributed by atoms with Crippen LogP contribution in [0.5, 0.6) is 0 Å². The molecule has 5 heteroatoms. The van der Waals surface area contributed by atoms with Gasteiger partial charge in [0, 0.05) is 38.8 Å². The number of hydrogen-bond acceptors (Lipinski definition) is 4. The number of nitrogens with zero attached hydrogens (tertiary/aromatic N) is 2. The Labute approximate surface area is 157 Å². The molecule has 26 heavy (non-hydrogen) atoms. The van der Waals surface area contributed by atoms with Gasteiger partial charge in [-0.2, -0.15) is 0 Å². The minimum absolute atomic E-state index is 0.190. The molecule has 1 saturated heterocycles. The van der Waals surface area contributed by atoms with E-state index in [0.717, 1.165) is 32.1 Å². The van der Waals surface area contributed by atoms with Gasteiger partial charge in [0.15, 0.2) is 0 Å². The monoisotopic (exact) mass is 359 g/mol. The van der Waals surface area contributed by atoms with Crippen LogP contribution in [0.3, 0.4) is 0 Å². The summed E-state index contributed by atoms with van der Waals surface area (Å²) in [4.78, 5) is 16.7. The van der Waals surface area contributed by atoms with Crippen LogP contribution in [0.25, 0.3) is 0 Å². The first-order valence-electron chi connectivity index (χ1n) is 9.88. The highest BCUT2D eigenvalue weighted by molar-refractivity contribution is 5.68. The topological polar surface area (TPSA) is 58.8 Å². The van der Waals surface area contributed by atoms with Crippen LogP contribution < -0.4 is 5.73 Å². The molecule has 5 nitrogen and oxygen atoms in total. The maximum atomic E-state index is 12.3. The molecule has 0 spiro atoms. The Morgan fingerprint density at radius 3 is 2.23 bits per heavy atom. The molecule has 1 heterocycles. The summed E-state index contributed by atoms with van der Waals surface area (Å²) in [5.41, 5.74) is 7.87. The summed E-state index contributed by atoms with van der Waals surface area (Å²) in [7, 11) is 0. The molecule has 1 aromatic rings. The smallest absolute Gasteiger partial charge is 0.410 e. The molecule has 2 aliphatic rings. The SMILES string of the molecule is CC(C)(C)OC(=O)N1CCN(C(c2ccc(CN)cc2)C2CCC2)CC1. The van der Waals surface area contributed by atoms with Crippen molar-refractivity contribution >= 4 is 6.09 Å². The molecule has 1 aromatic carbocycles. The van der Waals surface area contributed by atoms with E-state index in [2.05, 4.69) is 29.2 Å². The van der Waals surface area contributed by atoms with Crippen molar-refractivity contribution in [2.45, 2.75) is 58.2 Å². The standard InChI is InChI=1S/C21H33N3O2/c1-21(2,3)26-20(25)24-13-11-23(12-14-24)19(17-5-4-6-17)18-9-7-16(15-22)8-10-18/h7-10,17,19H,4-6,11-15,22H2,1-3H3. The van der Waals surface area contributed by atoms with Crippen molar-refractivity contribution in [2.75, 3.05) is 26.2 Å². The number of piperazine rings is 1. The number of benzene rings is 1. The molecule has 1 aliphatic carbocycles. The number of rotatable bonds is 4. The van der Waals surface area contributed by atoms with Crippen molar-refractivity contribution in [1.82, 2.24) is 9.80 Å². The van der Waals surface area contributed by atoms with Gasteiger partial charge in [-0.05, 0) is 50.7 Å². The lowest BCUT2D eigenvalue weighted by Crippen LogP contribution is -2.52. The first-order valence-corrected chi connectivity index (χ1v) is 9.88. The zero-order chi connectivity index (χ0) is 18.7. The van der Waals surface area contributed by atoms with Gasteiger partial charge in [-0.15, -0.1) is 0 Å². The molecule has 2 N–H and O–H groups in total. The molecule has 0 bridgehead atoms. The molecule has 1 amide bonds. The average Bonchev–Trinajstić information content (AvgIpc) is 2.57. The molecule has 1 unspecified atom stereocenters. The Morgan fingerprint density at radius 2 is 1.77 bits per heavy atom. The number of nitrogens with two attached hydrogens (primary N) is 1. The van der Waals surface area contributed by atoms with E-state index in [4.69, 9.17) is 10.5 Å². The van der Waals surface area contributed by atoms with Gasteiger partial charge in [-0.1, -0.05) is 30.7 Å². The fourth-order valence-electron chi connectivity index (χ4n) is 3.90. The highest BCUT2D eigenvalue weighted by Crippen LogP contribution is 2.41. The van der Waals surface area contributed by atoms with E-state index in [0.29, 0.717) is 12.6 Å². The highest BCUT2D eigenvalue weighted by Gasteiger charge is 2.35. The fraction of sp³-hybridized carbons (Fsp3) is 0.667. The lowest BCUT2D eigenvalue weighted by atomic mass is 9.76. The molecular weight excluding hydrogens is 326 g/mol. The minimum atomic E-state index is -0.437. The van der Waals surface area contributed by atoms with Crippen molar-refractivity contribution < 1.29 is 9.53 Å². The van der Waals surface area contributed by atoms with E-state index in [1.165, 1.54) is 30.4 Å². The molecule has 144 valence electrons. The van der Waals surface area contributed by atoms with Crippen LogP contribution in [0.2, 0.25) is 0 Å². The zero-order valence-electron chi connectivity index (χ0n) is 16.4. The zero-order valence-corrected chi connectivity index (χ0v) is 16.4. The maximum absolute atomic E-state index is 12.3. The summed E-state index contributed by atoms with van der Waals surface area (Å²) < 4.78 is 5.52. The van der Waals surface area contributed by atoms with Crippen LogP contribution in [-0.4, -0.2) is 47.7 Å². The molecule has 0 aromatic heterocycles. The largest absolute Gasteiger partial charge is 0.444 e. The lowest BCUT2D eigenvalue weighted by molar-refractivity contribution is 0.00191. The summed E-state index contributed by atoms with van der Waals surface area (Å²) in [6.45, 7) is 9.61. The Bertz CT molecular complexity index is 597. The Balaban J connectivity index is 1.65. The first kappa shape index (κ1) is 19.2. The quantitative estimate of drug-likeness (QED) is 0.893. The van der Waals surface area contributed by atoms with Crippen LogP contribution in [0.1, 0.15) is 57.2 Å². The van der Waals surface area contributed by atoms with E-state index < -0.39 is 5.60 Å². The van der Waals surface area contributed by atoms with E-state index in [9.17, 15) is 4.79 Å². The van der Waals surface area contributed by atoms with Crippen LogP contribution in [0, 0.1) is 5.92 Å². The summed E-state index contributed by atoms with van der Waals surface area (Å²) in [5.74, 6) is 0.729. The third-order valence-corrected chi connectivity index (χ3v) is 5.51. The molecule has 1 aliphatic heterocycles. The van der Waals surface area contributed by atoms with Crippen LogP contribution in [0.15, 0.2) is 24.3 Å². The Morgan fingerprint density at radius 1 is 1.15 bits per heavy atom. The maximum Gasteiger partial charge on any atom is 0.410 e. The number of hydrogen-bond donors (Lipinski definition) is 1. The van der Waals surface area contributed by atoms with Crippen LogP contribution >= 0.6 is 0 Å². The fourth-order valence-corrected chi connectivity index (χ4v) is 3.90. The van der Waals surface area contributed by atoms with Crippen molar-refractivity contribution in [1.29, 1.82) is 0 Å². The van der Waals surface area contributed by atoms with Gasteiger partial charge in [-0.25, -0.2) is 4.79 Å². The van der Waals surface area contributed by atoms with Gasteiger partial charge in [0.2, 0.25) is 0 Å². The van der Waals surface area contributed by atoms with Gasteiger partial charge >= 0.3 is 6.09 Å². The number of ether oxygens (including phenoxy) is 1. The molecule has 1 saturated carbocycles. The molecule has 3 rings (SSSR count). The lowest BCUT2D eigenvalue weighted by Gasteiger charge is -2.45. The van der Waals surface area contributed by atoms with Gasteiger partial charge in [0.25, 0.3) is 0 Å². The van der Waals surface area contributed by atoms with Gasteiger partial charge in [0.05, 0.1) is 0 Å². The third kappa shape index (κ3) is 4.57. The Kier molecular flexibility index (Phi) is 5.88. The molecule has 2 fully saturated rings. The minimum Gasteiger partial charge on any atom is -0.444 e. The molecule has 1 atom stereocenters. The second-order valence-corrected chi connectivity index (χ2v) is 8.58. The number of carbonyl (C=O) groups excluding carboxylic acids is 1. The first-order chi connectivity index (χ1) is 12.4. The molecule has 0 radical (unpaired) electrons. The number of amides is 1. The van der Waals surface area contributed by atoms with Crippen molar-refractivity contribution in [3.63, 3.8) is 0 Å². The van der Waals surface area contributed by atoms with Gasteiger partial charge < -0.3 is 15.4 Å². The van der Waals surface area contributed by atoms with Crippen molar-refractivity contribution in [3.8, 4) is 0 Å². The summed E-state index contributed by atoms with van der Waals surface area (Å²) in [5, 5.41) is 0. The van der Waals surface area contributed by atoms with Crippen molar-refractivity contribution in [3.05, 3.63) is 35.4 Å². The van der Waals surface area contributed by atoms with Crippen molar-refractivity contribution in [2.24, 2.45) is 11.7 Å². The highest BCUT2D eigenvalue weighted by atomic mass is 16.6. The number of carbonyl (C=O) groups is 1. The van der Waals surface area contributed by atoms with Crippen LogP contribution in [-0.2, 0) is 11.3 Å².